The van der Waals surface area contributed by atoms with E-state index in [-0.39, 0.29) is 19.0 Å². The minimum absolute atomic E-state index is 0.00298. The summed E-state index contributed by atoms with van der Waals surface area (Å²) in [4.78, 5) is 0. The van der Waals surface area contributed by atoms with E-state index >= 15 is 0 Å². The molecule has 0 heterocycles. The molecule has 0 aliphatic heterocycles. The lowest BCUT2D eigenvalue weighted by molar-refractivity contribution is 0.837. The van der Waals surface area contributed by atoms with Gasteiger partial charge in [0.25, 0.3) is 0 Å². The van der Waals surface area contributed by atoms with Crippen molar-refractivity contribution in [2.45, 2.75) is 24.6 Å². The first kappa shape index (κ1) is 9.74. The van der Waals surface area contributed by atoms with E-state index in [4.69, 9.17) is 0 Å². The van der Waals surface area contributed by atoms with Crippen molar-refractivity contribution in [1.82, 2.24) is 0 Å². The molecule has 1 atom stereocenters. The zero-order valence-corrected chi connectivity index (χ0v) is 11.0. The van der Waals surface area contributed by atoms with Gasteiger partial charge in [-0.3, -0.25) is 0 Å². The molecule has 12 heavy (non-hydrogen) atoms. The molecule has 0 aromatic heterocycles. The van der Waals surface area contributed by atoms with Crippen molar-refractivity contribution in [2.24, 2.45) is 0 Å². The average molecular weight is 194 g/mol. The average Bonchev–Trinajstić information content (AvgIpc) is 2.18. The van der Waals surface area contributed by atoms with E-state index in [1.165, 1.54) is 6.42 Å². The topological polar surface area (TPSA) is 0 Å². The number of allylic oxidation sites excluding steroid dienone is 5. The highest BCUT2D eigenvalue weighted by Gasteiger charge is 2.21. The summed E-state index contributed by atoms with van der Waals surface area (Å²) in [6.45, 7) is 8.66. The molecule has 0 aromatic rings. The van der Waals surface area contributed by atoms with Crippen molar-refractivity contribution in [3.8, 4) is 0 Å². The van der Waals surface area contributed by atoms with Gasteiger partial charge in [-0.15, -0.1) is 6.58 Å². The van der Waals surface area contributed by atoms with E-state index in [0.717, 1.165) is 0 Å². The number of hydrogen-bond acceptors (Lipinski definition) is 0. The first-order chi connectivity index (χ1) is 5.76. The summed E-state index contributed by atoms with van der Waals surface area (Å²) in [5, 5.41) is 2.03. The highest BCUT2D eigenvalue weighted by atomic mass is 28.2. The van der Waals surface area contributed by atoms with Crippen LogP contribution in [0, 0.1) is 0 Å². The van der Waals surface area contributed by atoms with Gasteiger partial charge in [-0.05, 0) is 11.5 Å². The molecule has 0 radical (unpaired) electrons. The first-order valence-corrected chi connectivity index (χ1v) is 9.02. The van der Waals surface area contributed by atoms with Gasteiger partial charge in [0.1, 0.15) is 0 Å². The Labute approximate surface area is 80.1 Å². The van der Waals surface area contributed by atoms with Gasteiger partial charge >= 0.3 is 0 Å². The lowest BCUT2D eigenvalue weighted by Crippen LogP contribution is -2.15. The van der Waals surface area contributed by atoms with Crippen molar-refractivity contribution in [3.63, 3.8) is 0 Å². The smallest absolute Gasteiger partial charge is 0.0512 e. The first-order valence-electron chi connectivity index (χ1n) is 4.78. The minimum Gasteiger partial charge on any atom is -0.103 e. The Balaban J connectivity index is 2.74. The normalized spacial score (nSPS) is 30.3. The van der Waals surface area contributed by atoms with Crippen LogP contribution in [0.5, 0.6) is 0 Å². The van der Waals surface area contributed by atoms with E-state index in [1.54, 1.807) is 5.20 Å². The third-order valence-electron chi connectivity index (χ3n) is 2.85. The van der Waals surface area contributed by atoms with Crippen molar-refractivity contribution in [1.29, 1.82) is 0 Å². The van der Waals surface area contributed by atoms with Crippen molar-refractivity contribution in [2.75, 3.05) is 0 Å². The highest BCUT2D eigenvalue weighted by Crippen LogP contribution is 2.36. The van der Waals surface area contributed by atoms with Crippen LogP contribution in [0.1, 0.15) is 6.42 Å². The summed E-state index contributed by atoms with van der Waals surface area (Å²) in [5.41, 5.74) is 0. The quantitative estimate of drug-likeness (QED) is 0.473. The Bertz CT molecular complexity index is 228. The monoisotopic (exact) mass is 194 g/mol. The second kappa shape index (κ2) is 4.05. The summed E-state index contributed by atoms with van der Waals surface area (Å²) in [5.74, 6) is 0. The van der Waals surface area contributed by atoms with Crippen LogP contribution in [0.15, 0.2) is 36.1 Å². The van der Waals surface area contributed by atoms with Crippen molar-refractivity contribution >= 4 is 19.0 Å². The van der Waals surface area contributed by atoms with Gasteiger partial charge in [-0.25, -0.2) is 0 Å². The molecule has 0 saturated carbocycles. The second-order valence-corrected chi connectivity index (χ2v) is 7.01. The molecule has 1 unspecified atom stereocenters. The Morgan fingerprint density at radius 2 is 2.33 bits per heavy atom. The van der Waals surface area contributed by atoms with Crippen LogP contribution in [0.3, 0.4) is 0 Å². The van der Waals surface area contributed by atoms with Crippen LogP contribution in [-0.2, 0) is 0 Å². The third-order valence-corrected chi connectivity index (χ3v) is 6.32. The molecular formula is C10H18Si2. The third kappa shape index (κ3) is 1.87. The zero-order valence-electron chi connectivity index (χ0n) is 8.14. The van der Waals surface area contributed by atoms with Gasteiger partial charge in [-0.2, -0.15) is 0 Å². The summed E-state index contributed by atoms with van der Waals surface area (Å²) >= 11 is 0. The lowest BCUT2D eigenvalue weighted by atomic mass is 10.00. The summed E-state index contributed by atoms with van der Waals surface area (Å²) in [6, 6.07) is 0. The molecule has 0 N–H and O–H groups in total. The Morgan fingerprint density at radius 3 is 2.67 bits per heavy atom. The maximum Gasteiger partial charge on any atom is 0.0512 e. The summed E-state index contributed by atoms with van der Waals surface area (Å²) in [7, 11) is 0.0567. The summed E-state index contributed by atoms with van der Waals surface area (Å²) in [6.07, 6.45) is 10.6. The summed E-state index contributed by atoms with van der Waals surface area (Å²) < 4.78 is 0. The Hall–Kier alpha value is -0.346. The number of rotatable bonds is 3. The van der Waals surface area contributed by atoms with Gasteiger partial charge in [0, 0.05) is 9.52 Å². The SMILES string of the molecule is C=CC1([SiH2]C)C=CC([SiH2]C)=CC1. The molecule has 66 valence electrons. The van der Waals surface area contributed by atoms with E-state index in [0.29, 0.717) is 5.04 Å². The largest absolute Gasteiger partial charge is 0.103 e. The lowest BCUT2D eigenvalue weighted by Gasteiger charge is -2.27. The predicted molar refractivity (Wildman–Crippen MR) is 63.5 cm³/mol. The molecule has 1 aliphatic rings. The fourth-order valence-electron chi connectivity index (χ4n) is 1.55. The predicted octanol–water partition coefficient (Wildman–Crippen LogP) is 1.61. The van der Waals surface area contributed by atoms with Gasteiger partial charge in [0.05, 0.1) is 9.52 Å². The maximum absolute atomic E-state index is 3.94. The van der Waals surface area contributed by atoms with Crippen molar-refractivity contribution < 1.29 is 0 Å². The Morgan fingerprint density at radius 1 is 1.58 bits per heavy atom. The molecule has 1 aliphatic carbocycles. The van der Waals surface area contributed by atoms with Crippen LogP contribution in [0.25, 0.3) is 0 Å². The standard InChI is InChI=1S/C10H18Si2/c1-4-10(12-3)7-5-9(11-2)6-8-10/h4-7H,1,8,11-12H2,2-3H3. The zero-order chi connectivity index (χ0) is 9.03. The van der Waals surface area contributed by atoms with Crippen LogP contribution < -0.4 is 0 Å². The molecule has 0 saturated heterocycles. The molecule has 0 fully saturated rings. The molecule has 1 rings (SSSR count). The molecule has 0 nitrogen and oxygen atoms in total. The molecular weight excluding hydrogens is 176 g/mol. The van der Waals surface area contributed by atoms with E-state index < -0.39 is 0 Å². The van der Waals surface area contributed by atoms with Gasteiger partial charge < -0.3 is 0 Å². The molecule has 2 heteroatoms. The minimum atomic E-state index is -0.00298. The molecule has 0 spiro atoms. The second-order valence-electron chi connectivity index (χ2n) is 3.46. The van der Waals surface area contributed by atoms with E-state index in [2.05, 4.69) is 44.0 Å². The van der Waals surface area contributed by atoms with E-state index in [9.17, 15) is 0 Å². The fourth-order valence-corrected chi connectivity index (χ4v) is 3.41. The van der Waals surface area contributed by atoms with Crippen molar-refractivity contribution in [3.05, 3.63) is 36.1 Å². The molecule has 0 bridgehead atoms. The number of hydrogen-bond donors (Lipinski definition) is 0. The maximum atomic E-state index is 3.94. The van der Waals surface area contributed by atoms with Gasteiger partial charge in [-0.1, -0.05) is 42.6 Å². The van der Waals surface area contributed by atoms with Gasteiger partial charge in [0.15, 0.2) is 0 Å². The van der Waals surface area contributed by atoms with Crippen LogP contribution >= 0.6 is 0 Å². The van der Waals surface area contributed by atoms with Crippen LogP contribution in [-0.4, -0.2) is 19.0 Å². The van der Waals surface area contributed by atoms with Crippen LogP contribution in [0.4, 0.5) is 0 Å². The van der Waals surface area contributed by atoms with E-state index in [1.807, 2.05) is 0 Å². The van der Waals surface area contributed by atoms with Gasteiger partial charge in [0.2, 0.25) is 0 Å². The van der Waals surface area contributed by atoms with Crippen LogP contribution in [0.2, 0.25) is 18.1 Å². The molecule has 0 aromatic carbocycles. The molecule has 0 amide bonds. The fraction of sp³-hybridized carbons (Fsp3) is 0.400. The highest BCUT2D eigenvalue weighted by molar-refractivity contribution is 6.45. The Kier molecular flexibility index (Phi) is 3.29.